The van der Waals surface area contributed by atoms with Gasteiger partial charge in [-0.05, 0) is 96.9 Å². The smallest absolute Gasteiger partial charge is 0.292 e. The quantitative estimate of drug-likeness (QED) is 0.398. The first kappa shape index (κ1) is 27.0. The third-order valence-electron chi connectivity index (χ3n) is 11.5. The first-order valence-electron chi connectivity index (χ1n) is 13.8. The normalized spacial score (nSPS) is 44.8. The highest BCUT2D eigenvalue weighted by Crippen LogP contribution is 2.70. The summed E-state index contributed by atoms with van der Waals surface area (Å²) in [5, 5.41) is 20.4. The highest BCUT2D eigenvalue weighted by atomic mass is 16.5. The maximum atomic E-state index is 13.9. The monoisotopic (exact) mass is 495 g/mol. The molecule has 5 heteroatoms. The second-order valence-electron chi connectivity index (χ2n) is 14.0. The highest BCUT2D eigenvalue weighted by Gasteiger charge is 2.63. The summed E-state index contributed by atoms with van der Waals surface area (Å²) in [6.07, 6.45) is 10.9. The van der Waals surface area contributed by atoms with Crippen LogP contribution in [0.2, 0.25) is 0 Å². The molecule has 198 valence electrons. The molecular formula is C31H45NO4. The van der Waals surface area contributed by atoms with Gasteiger partial charge in [-0.15, -0.1) is 0 Å². The van der Waals surface area contributed by atoms with Gasteiger partial charge in [-0.2, -0.15) is 5.26 Å². The molecule has 0 amide bonds. The van der Waals surface area contributed by atoms with Crippen molar-refractivity contribution in [3.05, 3.63) is 23.0 Å². The molecule has 8 unspecified atom stereocenters. The molecule has 8 atom stereocenters. The Hall–Kier alpha value is -2.09. The van der Waals surface area contributed by atoms with Gasteiger partial charge in [0.15, 0.2) is 5.78 Å². The van der Waals surface area contributed by atoms with Crippen molar-refractivity contribution in [1.82, 2.24) is 0 Å². The van der Waals surface area contributed by atoms with Gasteiger partial charge in [-0.1, -0.05) is 47.1 Å². The summed E-state index contributed by atoms with van der Waals surface area (Å²) in [5.74, 6) is 1.99. The van der Waals surface area contributed by atoms with Gasteiger partial charge in [0, 0.05) is 11.8 Å². The Morgan fingerprint density at radius 1 is 1.03 bits per heavy atom. The van der Waals surface area contributed by atoms with E-state index in [1.807, 2.05) is 0 Å². The van der Waals surface area contributed by atoms with Crippen molar-refractivity contribution < 1.29 is 19.4 Å². The molecule has 1 N–H and O–H groups in total. The van der Waals surface area contributed by atoms with Crippen LogP contribution in [0, 0.1) is 62.6 Å². The number of carbonyl (C=O) groups is 2. The predicted molar refractivity (Wildman–Crippen MR) is 140 cm³/mol. The molecule has 0 aromatic heterocycles. The summed E-state index contributed by atoms with van der Waals surface area (Å²) in [6, 6.07) is 2.29. The molecule has 0 saturated heterocycles. The van der Waals surface area contributed by atoms with E-state index in [4.69, 9.17) is 4.79 Å². The molecule has 36 heavy (non-hydrogen) atoms. The lowest BCUT2D eigenvalue weighted by molar-refractivity contribution is -0.144. The zero-order chi connectivity index (χ0) is 26.7. The van der Waals surface area contributed by atoms with E-state index < -0.39 is 0 Å². The van der Waals surface area contributed by atoms with Crippen molar-refractivity contribution in [2.45, 2.75) is 92.9 Å². The second kappa shape index (κ2) is 9.03. The minimum Gasteiger partial charge on any atom is -0.511 e. The minimum absolute atomic E-state index is 0.0181. The van der Waals surface area contributed by atoms with Gasteiger partial charge in [0.2, 0.25) is 0 Å². The summed E-state index contributed by atoms with van der Waals surface area (Å²) in [7, 11) is 1.31. The van der Waals surface area contributed by atoms with Crippen LogP contribution in [0.1, 0.15) is 92.9 Å². The van der Waals surface area contributed by atoms with E-state index in [-0.39, 0.29) is 28.4 Å². The standard InChI is InChI=1S/C29H41NO2.C2H4O2/c1-17-19-8-10-28(5)20-7-9-27(4)12-11-26(2,3)15-21(27)24(20)22(31)13-23(28)29(19,6)14-18(16-30)25(17)32;1-4-2-3/h13,17,19-21,24,32H,7-12,14-15H2,1-6H3;2H,1H3. The maximum absolute atomic E-state index is 13.9. The molecule has 5 aliphatic carbocycles. The Morgan fingerprint density at radius 2 is 1.67 bits per heavy atom. The van der Waals surface area contributed by atoms with Crippen LogP contribution < -0.4 is 0 Å². The lowest BCUT2D eigenvalue weighted by Crippen LogP contribution is -2.59. The molecule has 5 aliphatic rings. The van der Waals surface area contributed by atoms with E-state index in [2.05, 4.69) is 58.4 Å². The zero-order valence-corrected chi connectivity index (χ0v) is 23.3. The van der Waals surface area contributed by atoms with E-state index >= 15 is 0 Å². The molecule has 5 rings (SSSR count). The third kappa shape index (κ3) is 3.95. The van der Waals surface area contributed by atoms with Crippen LogP contribution in [0.4, 0.5) is 0 Å². The lowest BCUT2D eigenvalue weighted by atomic mass is 9.39. The number of rotatable bonds is 1. The molecule has 0 radical (unpaired) electrons. The molecule has 0 aliphatic heterocycles. The number of fused-ring (bicyclic) bond motifs is 7. The van der Waals surface area contributed by atoms with Crippen LogP contribution >= 0.6 is 0 Å². The van der Waals surface area contributed by atoms with Crippen molar-refractivity contribution in [3.63, 3.8) is 0 Å². The summed E-state index contributed by atoms with van der Waals surface area (Å²) >= 11 is 0. The number of ketones is 1. The highest BCUT2D eigenvalue weighted by molar-refractivity contribution is 5.95. The summed E-state index contributed by atoms with van der Waals surface area (Å²) in [4.78, 5) is 22.9. The predicted octanol–water partition coefficient (Wildman–Crippen LogP) is 6.94. The lowest BCUT2D eigenvalue weighted by Gasteiger charge is -2.64. The largest absolute Gasteiger partial charge is 0.511 e. The number of ether oxygens (including phenoxy) is 1. The van der Waals surface area contributed by atoms with Gasteiger partial charge in [0.1, 0.15) is 5.76 Å². The van der Waals surface area contributed by atoms with Crippen molar-refractivity contribution in [2.24, 2.45) is 51.2 Å². The van der Waals surface area contributed by atoms with Gasteiger partial charge in [0.25, 0.3) is 6.47 Å². The average molecular weight is 496 g/mol. The first-order chi connectivity index (χ1) is 16.8. The van der Waals surface area contributed by atoms with Gasteiger partial charge < -0.3 is 9.84 Å². The number of nitriles is 1. The minimum atomic E-state index is -0.211. The molecule has 0 spiro atoms. The van der Waals surface area contributed by atoms with Crippen LogP contribution in [0.15, 0.2) is 23.0 Å². The number of allylic oxidation sites excluding steroid dienone is 4. The maximum Gasteiger partial charge on any atom is 0.292 e. The number of hydrogen-bond donors (Lipinski definition) is 1. The molecular weight excluding hydrogens is 450 g/mol. The molecule has 0 bridgehead atoms. The number of nitrogens with zero attached hydrogens (tertiary/aromatic N) is 1. The van der Waals surface area contributed by atoms with Crippen LogP contribution in [0.3, 0.4) is 0 Å². The first-order valence-corrected chi connectivity index (χ1v) is 13.8. The van der Waals surface area contributed by atoms with Crippen molar-refractivity contribution in [1.29, 1.82) is 5.26 Å². The topological polar surface area (TPSA) is 87.4 Å². The summed E-state index contributed by atoms with van der Waals surface area (Å²) < 4.78 is 3.86. The van der Waals surface area contributed by atoms with Crippen molar-refractivity contribution in [3.8, 4) is 6.07 Å². The third-order valence-corrected chi connectivity index (χ3v) is 11.5. The molecule has 0 aromatic carbocycles. The van der Waals surface area contributed by atoms with Crippen molar-refractivity contribution in [2.75, 3.05) is 7.11 Å². The van der Waals surface area contributed by atoms with Crippen LogP contribution in [-0.2, 0) is 14.3 Å². The molecule has 0 heterocycles. The Bertz CT molecular complexity index is 1030. The number of aliphatic hydroxyl groups is 1. The Labute approximate surface area is 217 Å². The van der Waals surface area contributed by atoms with E-state index in [9.17, 15) is 15.2 Å². The summed E-state index contributed by atoms with van der Waals surface area (Å²) in [6.45, 7) is 14.4. The number of aliphatic hydroxyl groups excluding tert-OH is 1. The fourth-order valence-electron chi connectivity index (χ4n) is 9.44. The van der Waals surface area contributed by atoms with E-state index in [1.54, 1.807) is 0 Å². The van der Waals surface area contributed by atoms with E-state index in [0.717, 1.165) is 19.3 Å². The SMILES string of the molecule is CC1C(O)=C(C#N)CC2(C)C3=CC(=O)C4C5CC(C)(C)CCC5(C)CCC4C3(C)CCC12.COC=O. The van der Waals surface area contributed by atoms with Gasteiger partial charge in [0.05, 0.1) is 18.8 Å². The van der Waals surface area contributed by atoms with Crippen LogP contribution in [0.25, 0.3) is 0 Å². The molecule has 3 saturated carbocycles. The van der Waals surface area contributed by atoms with Crippen LogP contribution in [-0.4, -0.2) is 24.5 Å². The Morgan fingerprint density at radius 3 is 2.28 bits per heavy atom. The zero-order valence-electron chi connectivity index (χ0n) is 23.3. The number of methoxy groups -OCH3 is 1. The Balaban J connectivity index is 0.000000709. The van der Waals surface area contributed by atoms with E-state index in [0.29, 0.717) is 52.8 Å². The number of carbonyl (C=O) groups excluding carboxylic acids is 2. The fraction of sp³-hybridized carbons (Fsp3) is 0.774. The number of hydrogen-bond acceptors (Lipinski definition) is 5. The summed E-state index contributed by atoms with van der Waals surface area (Å²) in [5.41, 5.74) is 2.27. The second-order valence-corrected chi connectivity index (χ2v) is 14.0. The average Bonchev–Trinajstić information content (AvgIpc) is 2.83. The van der Waals surface area contributed by atoms with Gasteiger partial charge in [-0.3, -0.25) is 9.59 Å². The van der Waals surface area contributed by atoms with Gasteiger partial charge >= 0.3 is 0 Å². The van der Waals surface area contributed by atoms with Crippen molar-refractivity contribution >= 4 is 12.3 Å². The van der Waals surface area contributed by atoms with E-state index in [1.165, 1.54) is 38.4 Å². The molecule has 5 nitrogen and oxygen atoms in total. The Kier molecular flexibility index (Phi) is 6.76. The molecule has 0 aromatic rings. The fourth-order valence-corrected chi connectivity index (χ4v) is 9.44. The van der Waals surface area contributed by atoms with Gasteiger partial charge in [-0.25, -0.2) is 0 Å². The van der Waals surface area contributed by atoms with Crippen LogP contribution in [0.5, 0.6) is 0 Å². The molecule has 3 fully saturated rings.